The van der Waals surface area contributed by atoms with Crippen molar-refractivity contribution < 1.29 is 9.53 Å². The second-order valence-corrected chi connectivity index (χ2v) is 6.36. The van der Waals surface area contributed by atoms with Gasteiger partial charge in [0, 0.05) is 18.7 Å². The van der Waals surface area contributed by atoms with Gasteiger partial charge >= 0.3 is 0 Å². The summed E-state index contributed by atoms with van der Waals surface area (Å²) >= 11 is 0. The van der Waals surface area contributed by atoms with Gasteiger partial charge in [-0.3, -0.25) is 4.79 Å². The maximum absolute atomic E-state index is 11.9. The second kappa shape index (κ2) is 7.53. The molecule has 1 amide bonds. The maximum atomic E-state index is 11.9. The van der Waals surface area contributed by atoms with Gasteiger partial charge in [-0.25, -0.2) is 0 Å². The number of hydrogen-bond acceptors (Lipinski definition) is 5. The molecule has 1 fully saturated rings. The fourth-order valence-corrected chi connectivity index (χ4v) is 2.66. The van der Waals surface area contributed by atoms with Crippen LogP contribution in [-0.2, 0) is 16.1 Å². The van der Waals surface area contributed by atoms with Gasteiger partial charge in [-0.2, -0.15) is 4.80 Å². The van der Waals surface area contributed by atoms with Gasteiger partial charge in [-0.05, 0) is 29.5 Å². The molecule has 1 atom stereocenters. The average molecular weight is 329 g/mol. The zero-order chi connectivity index (χ0) is 16.9. The fraction of sp³-hybridized carbons (Fsp3) is 0.529. The van der Waals surface area contributed by atoms with Crippen LogP contribution in [0.15, 0.2) is 24.3 Å². The van der Waals surface area contributed by atoms with Gasteiger partial charge in [0.15, 0.2) is 0 Å². The third kappa shape index (κ3) is 4.17. The van der Waals surface area contributed by atoms with Crippen molar-refractivity contribution in [2.24, 2.45) is 0 Å². The van der Waals surface area contributed by atoms with Crippen LogP contribution in [-0.4, -0.2) is 45.4 Å². The zero-order valence-electron chi connectivity index (χ0n) is 14.1. The van der Waals surface area contributed by atoms with E-state index in [1.165, 1.54) is 10.4 Å². The van der Waals surface area contributed by atoms with E-state index in [0.29, 0.717) is 18.3 Å². The minimum absolute atomic E-state index is 0.0593. The largest absolute Gasteiger partial charge is 0.376 e. The molecule has 0 unspecified atom stereocenters. The minimum Gasteiger partial charge on any atom is -0.376 e. The molecule has 3 rings (SSSR count). The van der Waals surface area contributed by atoms with Crippen molar-refractivity contribution in [2.45, 2.75) is 45.3 Å². The second-order valence-electron chi connectivity index (χ2n) is 6.36. The molecule has 128 valence electrons. The van der Waals surface area contributed by atoms with Crippen LogP contribution in [0.3, 0.4) is 0 Å². The molecule has 0 radical (unpaired) electrons. The number of benzene rings is 1. The van der Waals surface area contributed by atoms with Crippen LogP contribution in [0.4, 0.5) is 0 Å². The number of aromatic nitrogens is 4. The predicted molar refractivity (Wildman–Crippen MR) is 89.3 cm³/mol. The Bertz CT molecular complexity index is 675. The Morgan fingerprint density at radius 3 is 2.83 bits per heavy atom. The van der Waals surface area contributed by atoms with E-state index in [4.69, 9.17) is 4.74 Å². The Morgan fingerprint density at radius 1 is 1.38 bits per heavy atom. The number of nitrogens with one attached hydrogen (secondary N) is 1. The van der Waals surface area contributed by atoms with Crippen molar-refractivity contribution in [1.82, 2.24) is 25.5 Å². The molecule has 1 N–H and O–H groups in total. The summed E-state index contributed by atoms with van der Waals surface area (Å²) in [4.78, 5) is 13.3. The topological polar surface area (TPSA) is 81.9 Å². The van der Waals surface area contributed by atoms with Crippen LogP contribution < -0.4 is 5.32 Å². The van der Waals surface area contributed by atoms with Gasteiger partial charge in [0.2, 0.25) is 11.7 Å². The van der Waals surface area contributed by atoms with Crippen molar-refractivity contribution in [2.75, 3.05) is 13.2 Å². The van der Waals surface area contributed by atoms with E-state index in [1.54, 1.807) is 0 Å². The van der Waals surface area contributed by atoms with Crippen molar-refractivity contribution in [3.8, 4) is 11.4 Å². The Morgan fingerprint density at radius 2 is 2.17 bits per heavy atom. The molecule has 0 spiro atoms. The van der Waals surface area contributed by atoms with E-state index in [0.717, 1.165) is 25.0 Å². The quantitative estimate of drug-likeness (QED) is 0.873. The summed E-state index contributed by atoms with van der Waals surface area (Å²) in [6.07, 6.45) is 2.19. The Balaban J connectivity index is 1.55. The van der Waals surface area contributed by atoms with Gasteiger partial charge in [-0.1, -0.05) is 38.1 Å². The molecular formula is C17H23N5O2. The van der Waals surface area contributed by atoms with E-state index in [2.05, 4.69) is 46.7 Å². The highest BCUT2D eigenvalue weighted by Gasteiger charge is 2.16. The van der Waals surface area contributed by atoms with Crippen LogP contribution in [0.5, 0.6) is 0 Å². The van der Waals surface area contributed by atoms with Crippen molar-refractivity contribution in [1.29, 1.82) is 0 Å². The summed E-state index contributed by atoms with van der Waals surface area (Å²) in [7, 11) is 0. The van der Waals surface area contributed by atoms with Crippen LogP contribution in [0.1, 0.15) is 38.2 Å². The number of carbonyl (C=O) groups is 1. The molecular weight excluding hydrogens is 306 g/mol. The van der Waals surface area contributed by atoms with Gasteiger partial charge in [-0.15, -0.1) is 10.2 Å². The number of rotatable bonds is 6. The molecule has 0 aliphatic carbocycles. The van der Waals surface area contributed by atoms with E-state index < -0.39 is 0 Å². The summed E-state index contributed by atoms with van der Waals surface area (Å²) < 4.78 is 5.48. The first-order valence-corrected chi connectivity index (χ1v) is 8.38. The highest BCUT2D eigenvalue weighted by Crippen LogP contribution is 2.19. The molecule has 2 heterocycles. The molecule has 24 heavy (non-hydrogen) atoms. The maximum Gasteiger partial charge on any atom is 0.243 e. The van der Waals surface area contributed by atoms with Gasteiger partial charge in [0.25, 0.3) is 0 Å². The van der Waals surface area contributed by atoms with Crippen LogP contribution in [0, 0.1) is 0 Å². The molecule has 0 bridgehead atoms. The lowest BCUT2D eigenvalue weighted by molar-refractivity contribution is -0.122. The Hall–Kier alpha value is -2.28. The number of carbonyl (C=O) groups excluding carboxylic acids is 1. The molecule has 7 heteroatoms. The predicted octanol–water partition coefficient (Wildman–Crippen LogP) is 1.76. The average Bonchev–Trinajstić information content (AvgIpc) is 3.25. The number of ether oxygens (including phenoxy) is 1. The monoisotopic (exact) mass is 329 g/mol. The lowest BCUT2D eigenvalue weighted by Crippen LogP contribution is -2.34. The Kier molecular flexibility index (Phi) is 5.20. The molecule has 1 saturated heterocycles. The summed E-state index contributed by atoms with van der Waals surface area (Å²) in [5.41, 5.74) is 2.16. The summed E-state index contributed by atoms with van der Waals surface area (Å²) in [6.45, 7) is 5.68. The van der Waals surface area contributed by atoms with Crippen molar-refractivity contribution in [3.63, 3.8) is 0 Å². The highest BCUT2D eigenvalue weighted by molar-refractivity contribution is 5.75. The van der Waals surface area contributed by atoms with Gasteiger partial charge in [0.05, 0.1) is 6.10 Å². The van der Waals surface area contributed by atoms with E-state index in [1.807, 2.05) is 12.1 Å². The number of nitrogens with zero attached hydrogens (tertiary/aromatic N) is 4. The normalized spacial score (nSPS) is 17.4. The molecule has 1 aromatic carbocycles. The van der Waals surface area contributed by atoms with Crippen LogP contribution in [0.25, 0.3) is 11.4 Å². The number of amides is 1. The first kappa shape index (κ1) is 16.6. The third-order valence-corrected chi connectivity index (χ3v) is 4.12. The molecule has 7 nitrogen and oxygen atoms in total. The molecule has 1 aliphatic heterocycles. The Labute approximate surface area is 141 Å². The lowest BCUT2D eigenvalue weighted by Gasteiger charge is -2.10. The van der Waals surface area contributed by atoms with Crippen LogP contribution >= 0.6 is 0 Å². The fourth-order valence-electron chi connectivity index (χ4n) is 2.66. The third-order valence-electron chi connectivity index (χ3n) is 4.12. The van der Waals surface area contributed by atoms with Crippen LogP contribution in [0.2, 0.25) is 0 Å². The minimum atomic E-state index is -0.135. The first-order valence-electron chi connectivity index (χ1n) is 8.38. The van der Waals surface area contributed by atoms with E-state index >= 15 is 0 Å². The van der Waals surface area contributed by atoms with E-state index in [9.17, 15) is 4.79 Å². The standard InChI is InChI=1S/C17H23N5O2/c1-12(2)13-5-7-14(8-6-13)17-19-21-22(20-17)11-16(23)18-10-15-4-3-9-24-15/h5-8,12,15H,3-4,9-11H2,1-2H3,(H,18,23)/t15-/m0/s1. The number of tetrazole rings is 1. The van der Waals surface area contributed by atoms with E-state index in [-0.39, 0.29) is 18.6 Å². The number of hydrogen-bond donors (Lipinski definition) is 1. The summed E-state index contributed by atoms with van der Waals surface area (Å²) in [5.74, 6) is 0.872. The lowest BCUT2D eigenvalue weighted by atomic mass is 10.0. The van der Waals surface area contributed by atoms with Crippen molar-refractivity contribution >= 4 is 5.91 Å². The summed E-state index contributed by atoms with van der Waals surface area (Å²) in [5, 5.41) is 15.1. The zero-order valence-corrected chi connectivity index (χ0v) is 14.1. The SMILES string of the molecule is CC(C)c1ccc(-c2nnn(CC(=O)NC[C@@H]3CCCO3)n2)cc1. The van der Waals surface area contributed by atoms with Crippen molar-refractivity contribution in [3.05, 3.63) is 29.8 Å². The molecule has 0 saturated carbocycles. The van der Waals surface area contributed by atoms with Gasteiger partial charge < -0.3 is 10.1 Å². The molecule has 1 aliphatic rings. The molecule has 2 aromatic rings. The first-order chi connectivity index (χ1) is 11.6. The highest BCUT2D eigenvalue weighted by atomic mass is 16.5. The smallest absolute Gasteiger partial charge is 0.243 e. The molecule has 1 aromatic heterocycles. The summed E-state index contributed by atoms with van der Waals surface area (Å²) in [6, 6.07) is 8.09. The van der Waals surface area contributed by atoms with Gasteiger partial charge in [0.1, 0.15) is 6.54 Å².